The predicted molar refractivity (Wildman–Crippen MR) is 129 cm³/mol. The van der Waals surface area contributed by atoms with Crippen molar-refractivity contribution in [2.45, 2.75) is 24.3 Å². The van der Waals surface area contributed by atoms with Crippen LogP contribution >= 0.6 is 11.3 Å². The third-order valence-electron chi connectivity index (χ3n) is 5.76. The molecule has 8 heteroatoms. The van der Waals surface area contributed by atoms with Gasteiger partial charge in [-0.3, -0.25) is 9.69 Å². The van der Waals surface area contributed by atoms with Gasteiger partial charge in [-0.2, -0.15) is 0 Å². The topological polar surface area (TPSA) is 69.7 Å². The summed E-state index contributed by atoms with van der Waals surface area (Å²) in [6, 6.07) is 17.4. The van der Waals surface area contributed by atoms with E-state index in [1.807, 2.05) is 18.2 Å². The summed E-state index contributed by atoms with van der Waals surface area (Å²) < 4.78 is 26.4. The molecular weight excluding hydrogens is 442 g/mol. The van der Waals surface area contributed by atoms with Crippen LogP contribution in [0.25, 0.3) is 0 Å². The Kier molecular flexibility index (Phi) is 6.48. The third kappa shape index (κ3) is 4.49. The van der Waals surface area contributed by atoms with Crippen LogP contribution < -0.4 is 5.32 Å². The number of anilines is 1. The molecular formula is C24H27N3O3S2. The largest absolute Gasteiger partial charge is 0.325 e. The van der Waals surface area contributed by atoms with Gasteiger partial charge in [-0.25, -0.2) is 12.7 Å². The van der Waals surface area contributed by atoms with Gasteiger partial charge in [0.15, 0.2) is 0 Å². The lowest BCUT2D eigenvalue weighted by atomic mass is 9.93. The van der Waals surface area contributed by atoms with Crippen LogP contribution in [0.15, 0.2) is 64.9 Å². The standard InChI is InChI=1S/C24H27N3O3S2/c1-17-9-10-19(15-22(17)32(29,30)26(2)3)25-23(28)16-27-13-11-21-20(12-14-31-21)24(27)18-7-5-4-6-8-18/h4-10,12,14-15,24H,11,13,16H2,1-3H3,(H,25,28)/t24-/m0/s1. The van der Waals surface area contributed by atoms with Crippen LogP contribution in [0.5, 0.6) is 0 Å². The zero-order valence-electron chi connectivity index (χ0n) is 18.4. The van der Waals surface area contributed by atoms with Crippen molar-refractivity contribution in [2.24, 2.45) is 0 Å². The van der Waals surface area contributed by atoms with Gasteiger partial charge in [-0.05, 0) is 53.6 Å². The molecule has 2 heterocycles. The molecule has 0 fully saturated rings. The summed E-state index contributed by atoms with van der Waals surface area (Å²) in [4.78, 5) is 16.7. The van der Waals surface area contributed by atoms with Crippen molar-refractivity contribution in [3.05, 3.63) is 81.5 Å². The molecule has 0 unspecified atom stereocenters. The number of fused-ring (bicyclic) bond motifs is 1. The van der Waals surface area contributed by atoms with Crippen molar-refractivity contribution in [3.63, 3.8) is 0 Å². The molecule has 0 bridgehead atoms. The highest BCUT2D eigenvalue weighted by Gasteiger charge is 2.31. The maximum atomic E-state index is 13.0. The first-order valence-corrected chi connectivity index (χ1v) is 12.8. The maximum Gasteiger partial charge on any atom is 0.242 e. The van der Waals surface area contributed by atoms with Crippen molar-refractivity contribution in [1.29, 1.82) is 0 Å². The molecule has 32 heavy (non-hydrogen) atoms. The SMILES string of the molecule is Cc1ccc(NC(=O)CN2CCc3sccc3[C@@H]2c2ccccc2)cc1S(=O)(=O)N(C)C. The molecule has 3 aromatic rings. The fourth-order valence-electron chi connectivity index (χ4n) is 4.10. The van der Waals surface area contributed by atoms with Gasteiger partial charge in [0.1, 0.15) is 0 Å². The fourth-order valence-corrected chi connectivity index (χ4v) is 6.15. The number of hydrogen-bond acceptors (Lipinski definition) is 5. The number of aryl methyl sites for hydroxylation is 1. The van der Waals surface area contributed by atoms with Crippen LogP contribution in [0.4, 0.5) is 5.69 Å². The number of hydrogen-bond donors (Lipinski definition) is 1. The van der Waals surface area contributed by atoms with Gasteiger partial charge in [0.05, 0.1) is 17.5 Å². The van der Waals surface area contributed by atoms with Crippen LogP contribution in [0.2, 0.25) is 0 Å². The minimum Gasteiger partial charge on any atom is -0.325 e. The quantitative estimate of drug-likeness (QED) is 0.595. The number of carbonyl (C=O) groups is 1. The number of rotatable bonds is 6. The molecule has 2 aromatic carbocycles. The minimum absolute atomic E-state index is 0.0275. The van der Waals surface area contributed by atoms with Crippen molar-refractivity contribution >= 4 is 33.0 Å². The van der Waals surface area contributed by atoms with Crippen LogP contribution in [-0.2, 0) is 21.2 Å². The highest BCUT2D eigenvalue weighted by atomic mass is 32.2. The third-order valence-corrected chi connectivity index (χ3v) is 8.71. The molecule has 0 aliphatic carbocycles. The molecule has 1 N–H and O–H groups in total. The Morgan fingerprint density at radius 1 is 1.16 bits per heavy atom. The molecule has 4 rings (SSSR count). The van der Waals surface area contributed by atoms with Gasteiger partial charge in [-0.1, -0.05) is 36.4 Å². The summed E-state index contributed by atoms with van der Waals surface area (Å²) in [5, 5.41) is 5.01. The molecule has 1 atom stereocenters. The van der Waals surface area contributed by atoms with Gasteiger partial charge in [0, 0.05) is 31.2 Å². The highest BCUT2D eigenvalue weighted by Crippen LogP contribution is 2.37. The predicted octanol–water partition coefficient (Wildman–Crippen LogP) is 3.89. The average molecular weight is 470 g/mol. The Morgan fingerprint density at radius 3 is 2.62 bits per heavy atom. The first-order chi connectivity index (χ1) is 15.3. The zero-order chi connectivity index (χ0) is 22.9. The highest BCUT2D eigenvalue weighted by molar-refractivity contribution is 7.89. The molecule has 0 saturated heterocycles. The van der Waals surface area contributed by atoms with E-state index in [9.17, 15) is 13.2 Å². The lowest BCUT2D eigenvalue weighted by Gasteiger charge is -2.35. The second kappa shape index (κ2) is 9.15. The summed E-state index contributed by atoms with van der Waals surface area (Å²) in [5.41, 5.74) is 3.54. The molecule has 1 amide bonds. The number of benzene rings is 2. The number of nitrogens with one attached hydrogen (secondary N) is 1. The molecule has 6 nitrogen and oxygen atoms in total. The van der Waals surface area contributed by atoms with Crippen LogP contribution in [-0.4, -0.2) is 50.7 Å². The first kappa shape index (κ1) is 22.7. The number of sulfonamides is 1. The van der Waals surface area contributed by atoms with E-state index >= 15 is 0 Å². The number of carbonyl (C=O) groups excluding carboxylic acids is 1. The number of amides is 1. The summed E-state index contributed by atoms with van der Waals surface area (Å²) in [6.45, 7) is 2.76. The molecule has 1 aliphatic rings. The molecule has 1 aliphatic heterocycles. The van der Waals surface area contributed by atoms with Gasteiger partial charge < -0.3 is 5.32 Å². The van der Waals surface area contributed by atoms with Crippen molar-refractivity contribution in [2.75, 3.05) is 32.5 Å². The molecule has 168 valence electrons. The van der Waals surface area contributed by atoms with Crippen LogP contribution in [0, 0.1) is 6.92 Å². The van der Waals surface area contributed by atoms with E-state index in [0.717, 1.165) is 18.5 Å². The average Bonchev–Trinajstić information content (AvgIpc) is 3.24. The Morgan fingerprint density at radius 2 is 1.91 bits per heavy atom. The van der Waals surface area contributed by atoms with Gasteiger partial charge in [0.25, 0.3) is 0 Å². The Balaban J connectivity index is 1.55. The summed E-state index contributed by atoms with van der Waals surface area (Å²) >= 11 is 1.77. The van der Waals surface area contributed by atoms with E-state index in [1.165, 1.54) is 34.9 Å². The second-order valence-electron chi connectivity index (χ2n) is 8.15. The lowest BCUT2D eigenvalue weighted by molar-refractivity contribution is -0.117. The lowest BCUT2D eigenvalue weighted by Crippen LogP contribution is -2.40. The first-order valence-electron chi connectivity index (χ1n) is 10.5. The molecule has 0 radical (unpaired) electrons. The molecule has 0 saturated carbocycles. The maximum absolute atomic E-state index is 13.0. The molecule has 1 aromatic heterocycles. The second-order valence-corrected chi connectivity index (χ2v) is 11.3. The van der Waals surface area contributed by atoms with Gasteiger partial charge >= 0.3 is 0 Å². The van der Waals surface area contributed by atoms with Crippen molar-refractivity contribution in [3.8, 4) is 0 Å². The van der Waals surface area contributed by atoms with Crippen LogP contribution in [0.3, 0.4) is 0 Å². The van der Waals surface area contributed by atoms with E-state index in [0.29, 0.717) is 11.3 Å². The summed E-state index contributed by atoms with van der Waals surface area (Å²) in [5.74, 6) is -0.165. The number of thiophene rings is 1. The van der Waals surface area contributed by atoms with E-state index in [-0.39, 0.29) is 23.4 Å². The Labute approximate surface area is 193 Å². The Hall–Kier alpha value is -2.52. The van der Waals surface area contributed by atoms with Crippen molar-refractivity contribution in [1.82, 2.24) is 9.21 Å². The Bertz CT molecular complexity index is 1220. The fraction of sp³-hybridized carbons (Fsp3) is 0.292. The molecule has 0 spiro atoms. The van der Waals surface area contributed by atoms with E-state index in [2.05, 4.69) is 33.8 Å². The smallest absolute Gasteiger partial charge is 0.242 e. The normalized spacial score (nSPS) is 16.7. The van der Waals surface area contributed by atoms with Gasteiger partial charge in [0.2, 0.25) is 15.9 Å². The van der Waals surface area contributed by atoms with E-state index in [4.69, 9.17) is 0 Å². The zero-order valence-corrected chi connectivity index (χ0v) is 20.0. The number of nitrogens with zero attached hydrogens (tertiary/aromatic N) is 2. The van der Waals surface area contributed by atoms with E-state index < -0.39 is 10.0 Å². The minimum atomic E-state index is -3.59. The van der Waals surface area contributed by atoms with Gasteiger partial charge in [-0.15, -0.1) is 11.3 Å². The van der Waals surface area contributed by atoms with Crippen LogP contribution in [0.1, 0.15) is 27.6 Å². The summed E-state index contributed by atoms with van der Waals surface area (Å²) in [6.07, 6.45) is 0.916. The summed E-state index contributed by atoms with van der Waals surface area (Å²) in [7, 11) is -0.595. The monoisotopic (exact) mass is 469 g/mol. The van der Waals surface area contributed by atoms with E-state index in [1.54, 1.807) is 30.4 Å². The van der Waals surface area contributed by atoms with Crippen molar-refractivity contribution < 1.29 is 13.2 Å².